The van der Waals surface area contributed by atoms with Gasteiger partial charge in [-0.05, 0) is 27.2 Å². The topological polar surface area (TPSA) is 24.7 Å². The lowest BCUT2D eigenvalue weighted by atomic mass is 10.2. The zero-order chi connectivity index (χ0) is 13.2. The molecule has 3 nitrogen and oxygen atoms in total. The molecule has 1 saturated heterocycles. The first-order valence-electron chi connectivity index (χ1n) is 6.98. The second-order valence-corrected chi connectivity index (χ2v) is 5.22. The number of amidine groups is 1. The van der Waals surface area contributed by atoms with E-state index in [1.165, 1.54) is 24.0 Å². The van der Waals surface area contributed by atoms with E-state index in [1.54, 1.807) is 0 Å². The van der Waals surface area contributed by atoms with Crippen molar-refractivity contribution in [1.82, 2.24) is 0 Å². The van der Waals surface area contributed by atoms with Gasteiger partial charge in [-0.1, -0.05) is 23.7 Å². The molecule has 2 heterocycles. The number of nitrogens with zero attached hydrogens (tertiary/aromatic N) is 3. The Morgan fingerprint density at radius 2 is 2.06 bits per heavy atom. The third-order valence-electron chi connectivity index (χ3n) is 4.11. The van der Waals surface area contributed by atoms with E-state index in [0.717, 1.165) is 35.6 Å². The molecule has 0 N–H and O–H groups in total. The van der Waals surface area contributed by atoms with Crippen molar-refractivity contribution in [2.24, 2.45) is 10.1 Å². The molecule has 0 bridgehead atoms. The minimum Gasteiger partial charge on any atom is -0.199 e. The lowest BCUT2D eigenvalue weighted by Gasteiger charge is -2.22. The Balaban J connectivity index is 2.42. The fourth-order valence-electron chi connectivity index (χ4n) is 2.58. The van der Waals surface area contributed by atoms with Crippen LogP contribution >= 0.6 is 0 Å². The first-order chi connectivity index (χ1) is 8.63. The van der Waals surface area contributed by atoms with Crippen LogP contribution in [0.4, 0.5) is 0 Å². The lowest BCUT2D eigenvalue weighted by molar-refractivity contribution is -0.831. The molecule has 98 valence electrons. The van der Waals surface area contributed by atoms with E-state index < -0.39 is 0 Å². The van der Waals surface area contributed by atoms with Crippen molar-refractivity contribution in [1.29, 1.82) is 0 Å². The Morgan fingerprint density at radius 1 is 1.39 bits per heavy atom. The molecule has 18 heavy (non-hydrogen) atoms. The maximum absolute atomic E-state index is 4.91. The second kappa shape index (κ2) is 5.19. The highest BCUT2D eigenvalue weighted by molar-refractivity contribution is 6.14. The van der Waals surface area contributed by atoms with Crippen LogP contribution in [0.15, 0.2) is 33.0 Å². The maximum atomic E-state index is 4.91. The van der Waals surface area contributed by atoms with Crippen molar-refractivity contribution < 1.29 is 4.59 Å². The van der Waals surface area contributed by atoms with Gasteiger partial charge >= 0.3 is 0 Å². The minimum absolute atomic E-state index is 0.730. The Bertz CT molecular complexity index is 446. The second-order valence-electron chi connectivity index (χ2n) is 5.22. The summed E-state index contributed by atoms with van der Waals surface area (Å²) in [5.41, 5.74) is 3.71. The van der Waals surface area contributed by atoms with Gasteiger partial charge in [0.2, 0.25) is 0 Å². The number of allylic oxidation sites excluding steroid dienone is 3. The normalized spacial score (nSPS) is 27.6. The Labute approximate surface area is 110 Å². The number of rotatable bonds is 2. The molecule has 0 aliphatic carbocycles. The molecule has 1 spiro atoms. The van der Waals surface area contributed by atoms with Crippen LogP contribution in [-0.2, 0) is 0 Å². The van der Waals surface area contributed by atoms with Crippen molar-refractivity contribution >= 4 is 12.1 Å². The lowest BCUT2D eigenvalue weighted by Crippen LogP contribution is -2.43. The SMILES string of the molecule is C/C=C1/C=N[N+]2(CCCC2)C1=NC(C)=C(C)CC. The summed E-state index contributed by atoms with van der Waals surface area (Å²) in [5, 5.41) is 4.73. The number of hydrogen-bond donors (Lipinski definition) is 0. The summed E-state index contributed by atoms with van der Waals surface area (Å²) >= 11 is 0. The molecule has 0 aromatic rings. The molecule has 0 aromatic carbocycles. The van der Waals surface area contributed by atoms with Crippen LogP contribution < -0.4 is 0 Å². The quantitative estimate of drug-likeness (QED) is 0.665. The molecule has 2 aliphatic rings. The molecule has 2 rings (SSSR count). The summed E-state index contributed by atoms with van der Waals surface area (Å²) < 4.78 is 0.730. The molecule has 2 aliphatic heterocycles. The molecule has 0 unspecified atom stereocenters. The summed E-state index contributed by atoms with van der Waals surface area (Å²) in [6.07, 6.45) is 7.70. The van der Waals surface area contributed by atoms with Gasteiger partial charge in [0.15, 0.2) is 0 Å². The van der Waals surface area contributed by atoms with Crippen LogP contribution in [0.1, 0.15) is 47.0 Å². The van der Waals surface area contributed by atoms with Crippen LogP contribution in [0.5, 0.6) is 0 Å². The van der Waals surface area contributed by atoms with Crippen LogP contribution in [-0.4, -0.2) is 29.7 Å². The van der Waals surface area contributed by atoms with E-state index in [4.69, 9.17) is 10.1 Å². The van der Waals surface area contributed by atoms with Crippen LogP contribution in [0, 0.1) is 0 Å². The van der Waals surface area contributed by atoms with Gasteiger partial charge in [-0.25, -0.2) is 0 Å². The van der Waals surface area contributed by atoms with Gasteiger partial charge in [-0.3, -0.25) is 0 Å². The minimum atomic E-state index is 0.730. The summed E-state index contributed by atoms with van der Waals surface area (Å²) in [4.78, 5) is 4.91. The van der Waals surface area contributed by atoms with Crippen molar-refractivity contribution in [3.05, 3.63) is 22.9 Å². The standard InChI is InChI=1S/C15H24N3/c1-5-12(3)13(4)17-15-14(6-2)11-16-18(15)9-7-8-10-18/h6,11H,5,7-10H2,1-4H3/q+1/b13-12?,14-6-,17-15?. The fraction of sp³-hybridized carbons (Fsp3) is 0.600. The van der Waals surface area contributed by atoms with Gasteiger partial charge in [-0.15, -0.1) is 4.59 Å². The van der Waals surface area contributed by atoms with E-state index >= 15 is 0 Å². The van der Waals surface area contributed by atoms with Gasteiger partial charge in [-0.2, -0.15) is 4.99 Å². The molecular weight excluding hydrogens is 222 g/mol. The number of aliphatic imine (C=N–C) groups is 1. The number of quaternary nitrogens is 1. The molecule has 0 amide bonds. The van der Waals surface area contributed by atoms with E-state index in [0.29, 0.717) is 0 Å². The molecule has 0 radical (unpaired) electrons. The van der Waals surface area contributed by atoms with Crippen LogP contribution in [0.25, 0.3) is 0 Å². The van der Waals surface area contributed by atoms with Gasteiger partial charge in [0.1, 0.15) is 13.1 Å². The predicted molar refractivity (Wildman–Crippen MR) is 77.6 cm³/mol. The Morgan fingerprint density at radius 3 is 2.61 bits per heavy atom. The van der Waals surface area contributed by atoms with Crippen molar-refractivity contribution in [3.63, 3.8) is 0 Å². The zero-order valence-electron chi connectivity index (χ0n) is 12.0. The van der Waals surface area contributed by atoms with Gasteiger partial charge in [0.05, 0.1) is 11.8 Å². The van der Waals surface area contributed by atoms with Crippen LogP contribution in [0.2, 0.25) is 0 Å². The maximum Gasteiger partial charge on any atom is 0.263 e. The van der Waals surface area contributed by atoms with Crippen molar-refractivity contribution in [2.45, 2.75) is 47.0 Å². The van der Waals surface area contributed by atoms with Gasteiger partial charge in [0, 0.05) is 18.5 Å². The first-order valence-corrected chi connectivity index (χ1v) is 6.98. The molecule has 0 saturated carbocycles. The first kappa shape index (κ1) is 13.2. The third-order valence-corrected chi connectivity index (χ3v) is 4.11. The fourth-order valence-corrected chi connectivity index (χ4v) is 2.58. The molecule has 3 heteroatoms. The zero-order valence-corrected chi connectivity index (χ0v) is 12.0. The molecule has 0 aromatic heterocycles. The molecular formula is C15H24N3+. The smallest absolute Gasteiger partial charge is 0.199 e. The van der Waals surface area contributed by atoms with Crippen molar-refractivity contribution in [2.75, 3.05) is 13.1 Å². The summed E-state index contributed by atoms with van der Waals surface area (Å²) in [6.45, 7) is 10.7. The van der Waals surface area contributed by atoms with Gasteiger partial charge in [0.25, 0.3) is 5.84 Å². The average Bonchev–Trinajstić information content (AvgIpc) is 2.98. The Kier molecular flexibility index (Phi) is 3.81. The molecule has 1 fully saturated rings. The largest absolute Gasteiger partial charge is 0.263 e. The highest BCUT2D eigenvalue weighted by Crippen LogP contribution is 2.29. The van der Waals surface area contributed by atoms with E-state index in [2.05, 4.69) is 33.8 Å². The summed E-state index contributed by atoms with van der Waals surface area (Å²) in [7, 11) is 0. The van der Waals surface area contributed by atoms with Gasteiger partial charge < -0.3 is 0 Å². The Hall–Kier alpha value is -1.22. The summed E-state index contributed by atoms with van der Waals surface area (Å²) in [5.74, 6) is 1.15. The van der Waals surface area contributed by atoms with E-state index in [-0.39, 0.29) is 0 Å². The number of hydrogen-bond acceptors (Lipinski definition) is 2. The third kappa shape index (κ3) is 2.19. The highest BCUT2D eigenvalue weighted by Gasteiger charge is 2.44. The average molecular weight is 246 g/mol. The molecule has 0 atom stereocenters. The monoisotopic (exact) mass is 246 g/mol. The van der Waals surface area contributed by atoms with E-state index in [1.807, 2.05) is 6.21 Å². The summed E-state index contributed by atoms with van der Waals surface area (Å²) in [6, 6.07) is 0. The van der Waals surface area contributed by atoms with Crippen LogP contribution in [0.3, 0.4) is 0 Å². The van der Waals surface area contributed by atoms with Crippen molar-refractivity contribution in [3.8, 4) is 0 Å². The highest BCUT2D eigenvalue weighted by atomic mass is 15.7. The van der Waals surface area contributed by atoms with E-state index in [9.17, 15) is 0 Å². The predicted octanol–water partition coefficient (Wildman–Crippen LogP) is 3.65.